The van der Waals surface area contributed by atoms with Crippen molar-refractivity contribution in [1.82, 2.24) is 34.5 Å². The van der Waals surface area contributed by atoms with Crippen LogP contribution >= 0.6 is 22.9 Å². The van der Waals surface area contributed by atoms with Gasteiger partial charge < -0.3 is 33.3 Å². The van der Waals surface area contributed by atoms with Gasteiger partial charge in [0.05, 0.1) is 29.3 Å². The van der Waals surface area contributed by atoms with Crippen LogP contribution in [0, 0.1) is 6.92 Å². The standard InChI is InChI=1S/C47H56ClN7O7S/c1-6-8-19-55-35(17-18-52-55)30-61-37-12-10-9-11-33(37)28-39(47(56)58-7-2)62-45-42-41(36-14-15-38(43(48)32(36)3)59-25-24-54-22-20-53(4)21-23-54)44(63-46(42)51-31-50-45)34-13-16-40(49-29-34)60-27-26-57-5/h9-18,29,31,39H,6-8,19-28,30H2,1-5H3/t39-/m1/s1. The average Bonchev–Trinajstić information content (AvgIpc) is 3.92. The minimum atomic E-state index is -1.08. The third kappa shape index (κ3) is 11.4. The second kappa shape index (κ2) is 22.3. The van der Waals surface area contributed by atoms with E-state index in [9.17, 15) is 4.79 Å². The summed E-state index contributed by atoms with van der Waals surface area (Å²) in [4.78, 5) is 34.1. The molecule has 0 unspecified atom stereocenters. The Morgan fingerprint density at radius 2 is 1.75 bits per heavy atom. The molecule has 1 fully saturated rings. The number of aromatic nitrogens is 5. The van der Waals surface area contributed by atoms with E-state index in [0.717, 1.165) is 90.5 Å². The van der Waals surface area contributed by atoms with Crippen molar-refractivity contribution in [3.05, 3.63) is 95.2 Å². The molecular weight excluding hydrogens is 842 g/mol. The fraction of sp³-hybridized carbons (Fsp3) is 0.426. The highest BCUT2D eigenvalue weighted by atomic mass is 35.5. The van der Waals surface area contributed by atoms with Gasteiger partial charge in [-0.05, 0) is 68.3 Å². The molecule has 0 N–H and O–H groups in total. The number of ether oxygens (including phenoxy) is 6. The third-order valence-corrected chi connectivity index (χ3v) is 12.6. The van der Waals surface area contributed by atoms with E-state index in [0.29, 0.717) is 59.0 Å². The van der Waals surface area contributed by atoms with Gasteiger partial charge in [0.1, 0.15) is 42.5 Å². The van der Waals surface area contributed by atoms with Crippen LogP contribution in [-0.4, -0.2) is 120 Å². The lowest BCUT2D eigenvalue weighted by Gasteiger charge is -2.32. The first-order valence-electron chi connectivity index (χ1n) is 21.5. The lowest BCUT2D eigenvalue weighted by atomic mass is 9.96. The van der Waals surface area contributed by atoms with E-state index in [1.807, 2.05) is 66.2 Å². The fourth-order valence-corrected chi connectivity index (χ4v) is 8.74. The summed E-state index contributed by atoms with van der Waals surface area (Å²) in [6, 6.07) is 17.3. The number of hydrogen-bond acceptors (Lipinski definition) is 14. The first-order valence-corrected chi connectivity index (χ1v) is 22.7. The molecule has 1 saturated heterocycles. The maximum absolute atomic E-state index is 13.8. The maximum atomic E-state index is 13.8. The number of halogens is 1. The summed E-state index contributed by atoms with van der Waals surface area (Å²) in [5.41, 5.74) is 4.99. The summed E-state index contributed by atoms with van der Waals surface area (Å²) in [6.45, 7) is 13.4. The fourth-order valence-electron chi connectivity index (χ4n) is 7.38. The zero-order chi connectivity index (χ0) is 44.1. The quantitative estimate of drug-likeness (QED) is 0.0480. The van der Waals surface area contributed by atoms with Crippen molar-refractivity contribution >= 4 is 39.1 Å². The molecule has 7 rings (SSSR count). The molecular formula is C47H56ClN7O7S. The Hall–Kier alpha value is -5.32. The van der Waals surface area contributed by atoms with Crippen molar-refractivity contribution in [3.63, 3.8) is 0 Å². The molecule has 0 amide bonds. The molecule has 334 valence electrons. The number of thiophene rings is 1. The molecule has 0 spiro atoms. The number of likely N-dealkylation sites (N-methyl/N-ethyl adjacent to an activating group) is 1. The number of unbranched alkanes of at least 4 members (excludes halogenated alkanes) is 1. The summed E-state index contributed by atoms with van der Waals surface area (Å²) >= 11 is 8.63. The lowest BCUT2D eigenvalue weighted by molar-refractivity contribution is -0.151. The third-order valence-electron chi connectivity index (χ3n) is 11.0. The monoisotopic (exact) mass is 897 g/mol. The van der Waals surface area contributed by atoms with E-state index >= 15 is 0 Å². The molecule has 0 saturated carbocycles. The Kier molecular flexibility index (Phi) is 16.2. The zero-order valence-electron chi connectivity index (χ0n) is 36.7. The smallest absolute Gasteiger partial charge is 0.347 e. The molecule has 1 atom stereocenters. The number of methoxy groups -OCH3 is 1. The maximum Gasteiger partial charge on any atom is 0.347 e. The predicted octanol–water partition coefficient (Wildman–Crippen LogP) is 8.16. The molecule has 6 aromatic rings. The number of rotatable bonds is 22. The topological polar surface area (TPSA) is 135 Å². The van der Waals surface area contributed by atoms with E-state index in [-0.39, 0.29) is 18.9 Å². The number of para-hydroxylation sites is 1. The first-order chi connectivity index (χ1) is 30.8. The SMILES string of the molecule is CCCCn1nccc1COc1ccccc1C[C@@H](Oc1ncnc2sc(-c3ccc(OCCOC)nc3)c(-c3ccc(OCCN4CCN(C)CC4)c(Cl)c3C)c12)C(=O)OCC. The normalized spacial score (nSPS) is 13.9. The van der Waals surface area contributed by atoms with E-state index in [1.165, 1.54) is 17.7 Å². The summed E-state index contributed by atoms with van der Waals surface area (Å²) < 4.78 is 37.9. The highest BCUT2D eigenvalue weighted by molar-refractivity contribution is 7.22. The van der Waals surface area contributed by atoms with Gasteiger partial charge in [-0.1, -0.05) is 49.2 Å². The largest absolute Gasteiger partial charge is 0.491 e. The summed E-state index contributed by atoms with van der Waals surface area (Å²) in [6.07, 6.45) is 6.16. The number of hydrogen-bond donors (Lipinski definition) is 0. The first kappa shape index (κ1) is 45.7. The molecule has 0 bridgehead atoms. The van der Waals surface area contributed by atoms with Gasteiger partial charge in [-0.2, -0.15) is 5.10 Å². The Morgan fingerprint density at radius 3 is 2.52 bits per heavy atom. The van der Waals surface area contributed by atoms with Crippen molar-refractivity contribution in [2.24, 2.45) is 0 Å². The lowest BCUT2D eigenvalue weighted by Crippen LogP contribution is -2.45. The summed E-state index contributed by atoms with van der Waals surface area (Å²) in [5.74, 6) is 1.41. The predicted molar refractivity (Wildman–Crippen MR) is 245 cm³/mol. The minimum Gasteiger partial charge on any atom is -0.491 e. The van der Waals surface area contributed by atoms with Gasteiger partial charge in [0.25, 0.3) is 0 Å². The van der Waals surface area contributed by atoms with Gasteiger partial charge in [-0.3, -0.25) is 9.58 Å². The molecule has 5 heterocycles. The van der Waals surface area contributed by atoms with Crippen molar-refractivity contribution in [1.29, 1.82) is 0 Å². The van der Waals surface area contributed by atoms with Crippen LogP contribution in [-0.2, 0) is 33.8 Å². The average molecular weight is 899 g/mol. The zero-order valence-corrected chi connectivity index (χ0v) is 38.3. The molecule has 63 heavy (non-hydrogen) atoms. The van der Waals surface area contributed by atoms with Crippen LogP contribution in [0.1, 0.15) is 43.5 Å². The van der Waals surface area contributed by atoms with Gasteiger partial charge in [-0.15, -0.1) is 11.3 Å². The van der Waals surface area contributed by atoms with Gasteiger partial charge in [0.15, 0.2) is 0 Å². The van der Waals surface area contributed by atoms with E-state index in [2.05, 4.69) is 38.8 Å². The van der Waals surface area contributed by atoms with Crippen LogP contribution in [0.5, 0.6) is 23.3 Å². The molecule has 4 aromatic heterocycles. The molecule has 2 aromatic carbocycles. The van der Waals surface area contributed by atoms with Gasteiger partial charge in [-0.25, -0.2) is 19.7 Å². The molecule has 0 radical (unpaired) electrons. The van der Waals surface area contributed by atoms with Crippen LogP contribution in [0.15, 0.2) is 73.3 Å². The molecule has 1 aliphatic rings. The Morgan fingerprint density at radius 1 is 0.905 bits per heavy atom. The summed E-state index contributed by atoms with van der Waals surface area (Å²) in [5, 5.41) is 5.61. The van der Waals surface area contributed by atoms with Gasteiger partial charge >= 0.3 is 5.97 Å². The van der Waals surface area contributed by atoms with Crippen molar-refractivity contribution in [3.8, 4) is 44.8 Å². The van der Waals surface area contributed by atoms with E-state index in [1.54, 1.807) is 26.4 Å². The van der Waals surface area contributed by atoms with Crippen molar-refractivity contribution in [2.75, 3.05) is 73.3 Å². The number of carbonyl (C=O) groups excluding carboxylic acids is 1. The Balaban J connectivity index is 1.23. The number of benzene rings is 2. The van der Waals surface area contributed by atoms with Crippen molar-refractivity contribution < 1.29 is 33.2 Å². The number of piperazine rings is 1. The highest BCUT2D eigenvalue weighted by Gasteiger charge is 2.29. The van der Waals surface area contributed by atoms with Gasteiger partial charge in [0, 0.05) is 87.3 Å². The number of nitrogens with zero attached hydrogens (tertiary/aromatic N) is 7. The van der Waals surface area contributed by atoms with Crippen LogP contribution in [0.4, 0.5) is 0 Å². The van der Waals surface area contributed by atoms with Crippen molar-refractivity contribution in [2.45, 2.75) is 59.3 Å². The number of fused-ring (bicyclic) bond motifs is 1. The number of pyridine rings is 1. The van der Waals surface area contributed by atoms with Crippen LogP contribution in [0.2, 0.25) is 5.02 Å². The second-order valence-corrected chi connectivity index (χ2v) is 16.7. The molecule has 1 aliphatic heterocycles. The highest BCUT2D eigenvalue weighted by Crippen LogP contribution is 2.49. The number of aryl methyl sites for hydroxylation is 1. The molecule has 16 heteroatoms. The second-order valence-electron chi connectivity index (χ2n) is 15.3. The van der Waals surface area contributed by atoms with Crippen LogP contribution in [0.25, 0.3) is 31.8 Å². The Labute approximate surface area is 378 Å². The minimum absolute atomic E-state index is 0.154. The Bertz CT molecular complexity index is 2420. The van der Waals surface area contributed by atoms with E-state index in [4.69, 9.17) is 45.0 Å². The number of esters is 1. The number of carbonyl (C=O) groups is 1. The van der Waals surface area contributed by atoms with E-state index < -0.39 is 12.1 Å². The molecule has 0 aliphatic carbocycles. The molecule has 14 nitrogen and oxygen atoms in total. The van der Waals surface area contributed by atoms with Crippen LogP contribution in [0.3, 0.4) is 0 Å². The summed E-state index contributed by atoms with van der Waals surface area (Å²) in [7, 11) is 3.77. The van der Waals surface area contributed by atoms with Crippen LogP contribution < -0.4 is 18.9 Å². The van der Waals surface area contributed by atoms with Gasteiger partial charge in [0.2, 0.25) is 17.9 Å².